The first-order valence-electron chi connectivity index (χ1n) is 8.55. The maximum absolute atomic E-state index is 13.6. The molecule has 2 aromatic rings. The van der Waals surface area contributed by atoms with Crippen molar-refractivity contribution in [2.24, 2.45) is 0 Å². The number of halogens is 1. The van der Waals surface area contributed by atoms with E-state index in [9.17, 15) is 9.18 Å². The number of benzene rings is 2. The molecule has 26 heavy (non-hydrogen) atoms. The third-order valence-electron chi connectivity index (χ3n) is 4.18. The van der Waals surface area contributed by atoms with E-state index in [2.05, 4.69) is 5.32 Å². The van der Waals surface area contributed by atoms with Gasteiger partial charge in [-0.1, -0.05) is 24.3 Å². The number of nitrogens with one attached hydrogen (secondary N) is 2. The van der Waals surface area contributed by atoms with Crippen molar-refractivity contribution in [1.29, 1.82) is 0 Å². The van der Waals surface area contributed by atoms with E-state index in [1.165, 1.54) is 6.07 Å². The van der Waals surface area contributed by atoms with Crippen LogP contribution in [0.3, 0.4) is 0 Å². The molecule has 0 fully saturated rings. The van der Waals surface area contributed by atoms with Crippen molar-refractivity contribution >= 4 is 5.91 Å². The number of hydrogen-bond donors (Lipinski definition) is 2. The fraction of sp³-hybridized carbons (Fsp3) is 0.350. The summed E-state index contributed by atoms with van der Waals surface area (Å²) in [6.45, 7) is 1.33. The van der Waals surface area contributed by atoms with Gasteiger partial charge in [0, 0.05) is 18.5 Å². The first-order chi connectivity index (χ1) is 12.5. The van der Waals surface area contributed by atoms with Crippen molar-refractivity contribution in [3.8, 4) is 11.5 Å². The van der Waals surface area contributed by atoms with Crippen LogP contribution < -0.4 is 19.7 Å². The summed E-state index contributed by atoms with van der Waals surface area (Å²) in [6, 6.07) is 12.3. The molecule has 2 N–H and O–H groups in total. The van der Waals surface area contributed by atoms with Gasteiger partial charge in [0.2, 0.25) is 0 Å². The highest BCUT2D eigenvalue weighted by atomic mass is 19.1. The van der Waals surface area contributed by atoms with Crippen molar-refractivity contribution in [3.05, 3.63) is 59.4 Å². The number of rotatable bonds is 9. The molecule has 0 aromatic heterocycles. The molecule has 0 aliphatic heterocycles. The molecule has 0 saturated heterocycles. The number of likely N-dealkylation sites (N-methyl/N-ethyl adjacent to an activating group) is 1. The molecule has 0 bridgehead atoms. The van der Waals surface area contributed by atoms with Gasteiger partial charge in [-0.3, -0.25) is 4.79 Å². The van der Waals surface area contributed by atoms with Crippen LogP contribution in [0.5, 0.6) is 11.5 Å². The Hall–Kier alpha value is -2.60. The zero-order valence-electron chi connectivity index (χ0n) is 15.5. The van der Waals surface area contributed by atoms with E-state index in [1.807, 2.05) is 25.2 Å². The van der Waals surface area contributed by atoms with Gasteiger partial charge in [-0.15, -0.1) is 0 Å². The second kappa shape index (κ2) is 9.77. The lowest BCUT2D eigenvalue weighted by Crippen LogP contribution is -3.10. The Bertz CT molecular complexity index is 737. The second-order valence-electron chi connectivity index (χ2n) is 6.19. The Balaban J connectivity index is 1.78. The summed E-state index contributed by atoms with van der Waals surface area (Å²) in [5.41, 5.74) is 1.61. The van der Waals surface area contributed by atoms with Crippen LogP contribution in [0.1, 0.15) is 11.1 Å². The molecule has 0 aliphatic rings. The Morgan fingerprint density at radius 1 is 1.12 bits per heavy atom. The molecule has 1 amide bonds. The van der Waals surface area contributed by atoms with E-state index in [0.29, 0.717) is 23.6 Å². The lowest BCUT2D eigenvalue weighted by molar-refractivity contribution is -0.871. The molecule has 5 nitrogen and oxygen atoms in total. The van der Waals surface area contributed by atoms with E-state index in [1.54, 1.807) is 32.4 Å². The molecule has 6 heteroatoms. The molecule has 2 rings (SSSR count). The number of carbonyl (C=O) groups excluding carboxylic acids is 1. The van der Waals surface area contributed by atoms with Crippen molar-refractivity contribution < 1.29 is 23.6 Å². The Labute approximate surface area is 153 Å². The number of methoxy groups -OCH3 is 2. The fourth-order valence-electron chi connectivity index (χ4n) is 2.65. The summed E-state index contributed by atoms with van der Waals surface area (Å²) in [5, 5.41) is 2.77. The molecular weight excluding hydrogens is 335 g/mol. The zero-order valence-corrected chi connectivity index (χ0v) is 15.5. The molecule has 0 aliphatic carbocycles. The highest BCUT2D eigenvalue weighted by Gasteiger charge is 2.12. The first kappa shape index (κ1) is 19.7. The normalized spacial score (nSPS) is 11.7. The van der Waals surface area contributed by atoms with Gasteiger partial charge < -0.3 is 19.7 Å². The van der Waals surface area contributed by atoms with Gasteiger partial charge in [0.15, 0.2) is 18.0 Å². The summed E-state index contributed by atoms with van der Waals surface area (Å²) in [4.78, 5) is 13.1. The minimum absolute atomic E-state index is 0.0990. The summed E-state index contributed by atoms with van der Waals surface area (Å²) in [7, 11) is 5.18. The second-order valence-corrected chi connectivity index (χ2v) is 6.19. The third-order valence-corrected chi connectivity index (χ3v) is 4.18. The lowest BCUT2D eigenvalue weighted by Gasteiger charge is -2.15. The van der Waals surface area contributed by atoms with Crippen LogP contribution in [0.4, 0.5) is 4.39 Å². The lowest BCUT2D eigenvalue weighted by atomic mass is 10.1. The smallest absolute Gasteiger partial charge is 0.275 e. The van der Waals surface area contributed by atoms with Crippen LogP contribution in [0, 0.1) is 5.82 Å². The van der Waals surface area contributed by atoms with Crippen LogP contribution in [-0.2, 0) is 17.8 Å². The van der Waals surface area contributed by atoms with Crippen LogP contribution in [0.2, 0.25) is 0 Å². The Kier molecular flexibility index (Phi) is 7.41. The van der Waals surface area contributed by atoms with Gasteiger partial charge in [0.25, 0.3) is 5.91 Å². The van der Waals surface area contributed by atoms with Gasteiger partial charge in [0.1, 0.15) is 5.82 Å². The number of hydrogen-bond acceptors (Lipinski definition) is 3. The molecule has 2 aromatic carbocycles. The summed E-state index contributed by atoms with van der Waals surface area (Å²) >= 11 is 0. The molecular formula is C20H26FN2O3+. The molecule has 1 unspecified atom stereocenters. The summed E-state index contributed by atoms with van der Waals surface area (Å²) in [6.07, 6.45) is 0.812. The summed E-state index contributed by atoms with van der Waals surface area (Å²) in [5.74, 6) is 0.995. The average Bonchev–Trinajstić information content (AvgIpc) is 2.65. The Morgan fingerprint density at radius 3 is 2.54 bits per heavy atom. The van der Waals surface area contributed by atoms with E-state index in [4.69, 9.17) is 9.47 Å². The first-order valence-corrected chi connectivity index (χ1v) is 8.55. The maximum Gasteiger partial charge on any atom is 0.275 e. The van der Waals surface area contributed by atoms with E-state index in [0.717, 1.165) is 23.4 Å². The van der Waals surface area contributed by atoms with Crippen LogP contribution in [0.25, 0.3) is 0 Å². The standard InChI is InChI=1S/C20H25FN2O3/c1-23(11-10-15-8-9-18(25-2)19(12-15)26-3)14-20(24)22-13-16-6-4-5-7-17(16)21/h4-9,12H,10-11,13-14H2,1-3H3,(H,22,24)/p+1. The minimum atomic E-state index is -0.304. The van der Waals surface area contributed by atoms with Crippen LogP contribution >= 0.6 is 0 Å². The van der Waals surface area contributed by atoms with Gasteiger partial charge >= 0.3 is 0 Å². The zero-order chi connectivity index (χ0) is 18.9. The van der Waals surface area contributed by atoms with Gasteiger partial charge in [-0.05, 0) is 23.8 Å². The van der Waals surface area contributed by atoms with Gasteiger partial charge in [-0.2, -0.15) is 0 Å². The maximum atomic E-state index is 13.6. The molecule has 0 heterocycles. The van der Waals surface area contributed by atoms with Crippen LogP contribution in [0.15, 0.2) is 42.5 Å². The topological polar surface area (TPSA) is 52.0 Å². The van der Waals surface area contributed by atoms with E-state index < -0.39 is 0 Å². The monoisotopic (exact) mass is 361 g/mol. The van der Waals surface area contributed by atoms with E-state index in [-0.39, 0.29) is 18.3 Å². The third kappa shape index (κ3) is 5.74. The Morgan fingerprint density at radius 2 is 1.85 bits per heavy atom. The van der Waals surface area contributed by atoms with Crippen molar-refractivity contribution in [2.45, 2.75) is 13.0 Å². The molecule has 1 atom stereocenters. The summed E-state index contributed by atoms with van der Waals surface area (Å²) < 4.78 is 24.1. The number of quaternary nitrogens is 1. The van der Waals surface area contributed by atoms with Gasteiger partial charge in [0.05, 0.1) is 27.8 Å². The van der Waals surface area contributed by atoms with Gasteiger partial charge in [-0.25, -0.2) is 4.39 Å². The molecule has 0 saturated carbocycles. The van der Waals surface area contributed by atoms with Crippen LogP contribution in [-0.4, -0.2) is 40.3 Å². The number of amides is 1. The van der Waals surface area contributed by atoms with E-state index >= 15 is 0 Å². The largest absolute Gasteiger partial charge is 0.493 e. The molecule has 140 valence electrons. The minimum Gasteiger partial charge on any atom is -0.493 e. The fourth-order valence-corrected chi connectivity index (χ4v) is 2.65. The number of carbonyl (C=O) groups is 1. The molecule has 0 radical (unpaired) electrons. The highest BCUT2D eigenvalue weighted by molar-refractivity contribution is 5.76. The highest BCUT2D eigenvalue weighted by Crippen LogP contribution is 2.27. The quantitative estimate of drug-likeness (QED) is 0.706. The molecule has 0 spiro atoms. The van der Waals surface area contributed by atoms with Crippen molar-refractivity contribution in [3.63, 3.8) is 0 Å². The predicted molar refractivity (Wildman–Crippen MR) is 98.1 cm³/mol. The SMILES string of the molecule is COc1ccc(CC[NH+](C)CC(=O)NCc2ccccc2F)cc1OC. The average molecular weight is 361 g/mol. The van der Waals surface area contributed by atoms with Crippen molar-refractivity contribution in [1.82, 2.24) is 5.32 Å². The van der Waals surface area contributed by atoms with Crippen molar-refractivity contribution in [2.75, 3.05) is 34.4 Å². The number of ether oxygens (including phenoxy) is 2. The predicted octanol–water partition coefficient (Wildman–Crippen LogP) is 1.22.